The van der Waals surface area contributed by atoms with E-state index in [1.165, 1.54) is 16.9 Å². The summed E-state index contributed by atoms with van der Waals surface area (Å²) in [5.41, 5.74) is 9.66. The minimum atomic E-state index is -0.400. The molecule has 0 aliphatic carbocycles. The number of carbonyl (C=O) groups is 1. The van der Waals surface area contributed by atoms with Crippen LogP contribution in [0.2, 0.25) is 0 Å². The third-order valence-corrected chi connectivity index (χ3v) is 5.14. The number of hydrogen-bond donors (Lipinski definition) is 3. The number of nitrogen functional groups attached to an aromatic ring is 1. The number of aryl methyl sites for hydroxylation is 2. The molecule has 1 heterocycles. The van der Waals surface area contributed by atoms with E-state index >= 15 is 0 Å². The number of anilines is 1. The number of rotatable bonds is 7. The molecule has 0 saturated heterocycles. The first kappa shape index (κ1) is 18.7. The zero-order valence-electron chi connectivity index (χ0n) is 14.9. The zero-order chi connectivity index (χ0) is 19.2. The van der Waals surface area contributed by atoms with Crippen LogP contribution in [-0.4, -0.2) is 16.0 Å². The molecule has 5 nitrogen and oxygen atoms in total. The van der Waals surface area contributed by atoms with Gasteiger partial charge in [0, 0.05) is 6.54 Å². The fourth-order valence-electron chi connectivity index (χ4n) is 3.02. The van der Waals surface area contributed by atoms with Crippen molar-refractivity contribution in [1.82, 2.24) is 10.3 Å². The van der Waals surface area contributed by atoms with Gasteiger partial charge in [0.15, 0.2) is 5.13 Å². The predicted molar refractivity (Wildman–Crippen MR) is 109 cm³/mol. The van der Waals surface area contributed by atoms with Gasteiger partial charge in [-0.2, -0.15) is 0 Å². The number of thiazole rings is 1. The van der Waals surface area contributed by atoms with Crippen molar-refractivity contribution < 1.29 is 9.90 Å². The molecule has 3 aromatic rings. The maximum Gasteiger partial charge on any atom is 0.295 e. The van der Waals surface area contributed by atoms with E-state index in [0.29, 0.717) is 17.2 Å². The second-order valence-corrected chi connectivity index (χ2v) is 7.43. The zero-order valence-corrected chi connectivity index (χ0v) is 15.7. The number of benzene rings is 2. The summed E-state index contributed by atoms with van der Waals surface area (Å²) in [5.74, 6) is 1.84. The average molecular weight is 379 g/mol. The molecule has 4 N–H and O–H groups in total. The van der Waals surface area contributed by atoms with Crippen LogP contribution in [-0.2, 0) is 24.2 Å². The highest BCUT2D eigenvalue weighted by Crippen LogP contribution is 2.32. The maximum absolute atomic E-state index is 11.1. The number of nitrogens with two attached hydrogens (primary N) is 1. The normalized spacial score (nSPS) is 10.6. The number of phenolic OH excluding ortho intramolecular Hbond substituents is 1. The van der Waals surface area contributed by atoms with Crippen LogP contribution in [0.1, 0.15) is 29.5 Å². The van der Waals surface area contributed by atoms with Gasteiger partial charge >= 0.3 is 0 Å². The molecule has 1 aromatic heterocycles. The third kappa shape index (κ3) is 4.99. The summed E-state index contributed by atoms with van der Waals surface area (Å²) in [6.07, 6.45) is 8.94. The van der Waals surface area contributed by atoms with Crippen LogP contribution in [0.25, 0.3) is 10.2 Å². The van der Waals surface area contributed by atoms with E-state index in [4.69, 9.17) is 12.2 Å². The Kier molecular flexibility index (Phi) is 5.94. The van der Waals surface area contributed by atoms with Gasteiger partial charge < -0.3 is 16.2 Å². The number of hydrogen-bond acceptors (Lipinski definition) is 5. The van der Waals surface area contributed by atoms with E-state index in [9.17, 15) is 9.90 Å². The number of carbonyl (C=O) groups excluding carboxylic acids is 1. The molecule has 27 heavy (non-hydrogen) atoms. The minimum absolute atomic E-state index is 0.192. The highest BCUT2D eigenvalue weighted by Gasteiger charge is 2.08. The second kappa shape index (κ2) is 8.56. The van der Waals surface area contributed by atoms with Gasteiger partial charge in [-0.25, -0.2) is 4.98 Å². The largest absolute Gasteiger partial charge is 0.506 e. The molecule has 0 aliphatic rings. The van der Waals surface area contributed by atoms with Crippen molar-refractivity contribution in [2.24, 2.45) is 0 Å². The summed E-state index contributed by atoms with van der Waals surface area (Å²) >= 11 is 1.39. The first-order valence-electron chi connectivity index (χ1n) is 8.75. The molecule has 0 spiro atoms. The molecule has 6 heteroatoms. The van der Waals surface area contributed by atoms with Crippen molar-refractivity contribution in [2.45, 2.75) is 32.2 Å². The molecule has 1 amide bonds. The molecule has 0 aliphatic heterocycles. The van der Waals surface area contributed by atoms with E-state index in [-0.39, 0.29) is 5.75 Å². The average Bonchev–Trinajstić information content (AvgIpc) is 3.04. The Hall–Kier alpha value is -3.04. The summed E-state index contributed by atoms with van der Waals surface area (Å²) in [6, 6.07) is 12.0. The SMILES string of the molecule is C#CC(=O)NCc1cccc(CCCCc2cc(O)c3nc(N)sc3c2)c1. The molecule has 0 fully saturated rings. The van der Waals surface area contributed by atoms with Crippen LogP contribution in [0.3, 0.4) is 0 Å². The number of phenols is 1. The van der Waals surface area contributed by atoms with Gasteiger partial charge in [-0.1, -0.05) is 35.6 Å². The minimum Gasteiger partial charge on any atom is -0.506 e. The van der Waals surface area contributed by atoms with E-state index in [1.807, 2.05) is 18.1 Å². The van der Waals surface area contributed by atoms with Gasteiger partial charge in [0.2, 0.25) is 0 Å². The Balaban J connectivity index is 1.52. The van der Waals surface area contributed by atoms with Crippen LogP contribution < -0.4 is 11.1 Å². The Labute approximate surface area is 162 Å². The van der Waals surface area contributed by atoms with Gasteiger partial charge in [0.25, 0.3) is 5.91 Å². The highest BCUT2D eigenvalue weighted by atomic mass is 32.1. The van der Waals surface area contributed by atoms with Crippen LogP contribution in [0, 0.1) is 12.3 Å². The van der Waals surface area contributed by atoms with E-state index in [1.54, 1.807) is 6.07 Å². The van der Waals surface area contributed by atoms with Crippen molar-refractivity contribution in [3.05, 3.63) is 53.1 Å². The molecular weight excluding hydrogens is 358 g/mol. The van der Waals surface area contributed by atoms with Crippen molar-refractivity contribution in [2.75, 3.05) is 5.73 Å². The predicted octanol–water partition coefficient (Wildman–Crippen LogP) is 3.40. The lowest BCUT2D eigenvalue weighted by Crippen LogP contribution is -2.20. The molecule has 3 rings (SSSR count). The summed E-state index contributed by atoms with van der Waals surface area (Å²) in [6.45, 7) is 0.439. The monoisotopic (exact) mass is 379 g/mol. The topological polar surface area (TPSA) is 88.2 Å². The second-order valence-electron chi connectivity index (χ2n) is 6.37. The quantitative estimate of drug-likeness (QED) is 0.434. The summed E-state index contributed by atoms with van der Waals surface area (Å²) in [4.78, 5) is 15.3. The Morgan fingerprint density at radius 1 is 1.19 bits per heavy atom. The lowest BCUT2D eigenvalue weighted by Gasteiger charge is -2.07. The number of nitrogens with zero attached hydrogens (tertiary/aromatic N) is 1. The van der Waals surface area contributed by atoms with Gasteiger partial charge in [-0.05, 0) is 60.4 Å². The van der Waals surface area contributed by atoms with E-state index in [2.05, 4.69) is 28.5 Å². The number of aromatic hydroxyl groups is 1. The lowest BCUT2D eigenvalue weighted by molar-refractivity contribution is -0.115. The first-order valence-corrected chi connectivity index (χ1v) is 9.57. The van der Waals surface area contributed by atoms with Crippen molar-refractivity contribution >= 4 is 32.6 Å². The van der Waals surface area contributed by atoms with Crippen molar-refractivity contribution in [3.63, 3.8) is 0 Å². The number of unbranched alkanes of at least 4 members (excludes halogenated alkanes) is 1. The fraction of sp³-hybridized carbons (Fsp3) is 0.238. The van der Waals surface area contributed by atoms with Crippen LogP contribution >= 0.6 is 11.3 Å². The van der Waals surface area contributed by atoms with Crippen LogP contribution in [0.15, 0.2) is 36.4 Å². The standard InChI is InChI=1S/C21H21N3O2S/c1-2-19(26)23-13-16-9-5-8-14(10-16)6-3-4-7-15-11-17(25)20-18(12-15)27-21(22)24-20/h1,5,8-12,25H,3-4,6-7,13H2,(H2,22,24)(H,23,26). The smallest absolute Gasteiger partial charge is 0.295 e. The summed E-state index contributed by atoms with van der Waals surface area (Å²) < 4.78 is 0.921. The van der Waals surface area contributed by atoms with Gasteiger partial charge in [-0.3, -0.25) is 4.79 Å². The van der Waals surface area contributed by atoms with Gasteiger partial charge in [-0.15, -0.1) is 6.42 Å². The molecule has 0 atom stereocenters. The van der Waals surface area contributed by atoms with Gasteiger partial charge in [0.1, 0.15) is 11.3 Å². The molecule has 0 unspecified atom stereocenters. The number of fused-ring (bicyclic) bond motifs is 1. The van der Waals surface area contributed by atoms with E-state index < -0.39 is 5.91 Å². The summed E-state index contributed by atoms with van der Waals surface area (Å²) in [7, 11) is 0. The summed E-state index contributed by atoms with van der Waals surface area (Å²) in [5, 5.41) is 13.2. The molecule has 0 bridgehead atoms. The van der Waals surface area contributed by atoms with E-state index in [0.717, 1.165) is 41.5 Å². The Morgan fingerprint density at radius 3 is 2.70 bits per heavy atom. The van der Waals surface area contributed by atoms with Crippen molar-refractivity contribution in [1.29, 1.82) is 0 Å². The lowest BCUT2D eigenvalue weighted by atomic mass is 10.0. The van der Waals surface area contributed by atoms with Crippen molar-refractivity contribution in [3.8, 4) is 18.1 Å². The third-order valence-electron chi connectivity index (χ3n) is 4.31. The number of amides is 1. The molecule has 138 valence electrons. The number of terminal acetylenes is 1. The number of nitrogens with one attached hydrogen (secondary N) is 1. The molecule has 0 saturated carbocycles. The maximum atomic E-state index is 11.1. The Bertz CT molecular complexity index is 1000. The van der Waals surface area contributed by atoms with Crippen LogP contribution in [0.4, 0.5) is 5.13 Å². The molecule has 2 aromatic carbocycles. The van der Waals surface area contributed by atoms with Crippen LogP contribution in [0.5, 0.6) is 5.75 Å². The Morgan fingerprint density at radius 2 is 1.93 bits per heavy atom. The number of aromatic nitrogens is 1. The highest BCUT2D eigenvalue weighted by molar-refractivity contribution is 7.22. The molecular formula is C21H21N3O2S. The molecule has 0 radical (unpaired) electrons. The fourth-order valence-corrected chi connectivity index (χ4v) is 3.83. The first-order chi connectivity index (χ1) is 13.0. The van der Waals surface area contributed by atoms with Gasteiger partial charge in [0.05, 0.1) is 4.70 Å².